The molecular formula is C14H16ClN3S. The number of hydrogen-bond acceptors (Lipinski definition) is 4. The van der Waals surface area contributed by atoms with Gasteiger partial charge in [-0.3, -0.25) is 0 Å². The number of thioether (sulfide) groups is 1. The lowest BCUT2D eigenvalue weighted by molar-refractivity contribution is 0.756. The van der Waals surface area contributed by atoms with E-state index in [-0.39, 0.29) is 5.92 Å². The maximum Gasteiger partial charge on any atom is 0.134 e. The summed E-state index contributed by atoms with van der Waals surface area (Å²) in [5.41, 5.74) is 7.01. The Balaban J connectivity index is 2.08. The minimum atomic E-state index is 0.276. The molecule has 2 aromatic rings. The van der Waals surface area contributed by atoms with Crippen molar-refractivity contribution in [2.45, 2.75) is 30.5 Å². The van der Waals surface area contributed by atoms with Crippen molar-refractivity contribution >= 4 is 29.2 Å². The molecule has 100 valence electrons. The minimum absolute atomic E-state index is 0.276. The van der Waals surface area contributed by atoms with Gasteiger partial charge in [0.2, 0.25) is 0 Å². The lowest BCUT2D eigenvalue weighted by Gasteiger charge is -2.08. The molecule has 0 aliphatic carbocycles. The summed E-state index contributed by atoms with van der Waals surface area (Å²) in [6, 6.07) is 9.63. The smallest absolute Gasteiger partial charge is 0.134 e. The predicted molar refractivity (Wildman–Crippen MR) is 81.5 cm³/mol. The van der Waals surface area contributed by atoms with Crippen molar-refractivity contribution in [3.63, 3.8) is 0 Å². The van der Waals surface area contributed by atoms with E-state index < -0.39 is 0 Å². The molecule has 0 fully saturated rings. The van der Waals surface area contributed by atoms with E-state index in [0.717, 1.165) is 21.6 Å². The van der Waals surface area contributed by atoms with Crippen LogP contribution in [-0.2, 0) is 5.75 Å². The van der Waals surface area contributed by atoms with Gasteiger partial charge in [-0.25, -0.2) is 9.97 Å². The Labute approximate surface area is 122 Å². The van der Waals surface area contributed by atoms with E-state index >= 15 is 0 Å². The van der Waals surface area contributed by atoms with Gasteiger partial charge < -0.3 is 5.73 Å². The maximum absolute atomic E-state index is 5.86. The Morgan fingerprint density at radius 2 is 1.89 bits per heavy atom. The first-order chi connectivity index (χ1) is 9.04. The van der Waals surface area contributed by atoms with Gasteiger partial charge in [0.1, 0.15) is 16.7 Å². The molecule has 0 aliphatic rings. The Morgan fingerprint density at radius 3 is 2.53 bits per heavy atom. The summed E-state index contributed by atoms with van der Waals surface area (Å²) in [7, 11) is 0. The first kappa shape index (κ1) is 14.2. The molecule has 0 amide bonds. The Bertz CT molecular complexity index is 555. The van der Waals surface area contributed by atoms with Crippen LogP contribution in [0.1, 0.15) is 31.2 Å². The van der Waals surface area contributed by atoms with Gasteiger partial charge in [-0.15, -0.1) is 11.8 Å². The molecule has 0 atom stereocenters. The van der Waals surface area contributed by atoms with Crippen LogP contribution in [0.15, 0.2) is 35.4 Å². The summed E-state index contributed by atoms with van der Waals surface area (Å²) in [4.78, 5) is 8.75. The second-order valence-corrected chi connectivity index (χ2v) is 5.99. The molecule has 1 aromatic heterocycles. The van der Waals surface area contributed by atoms with Crippen molar-refractivity contribution in [2.75, 3.05) is 5.73 Å². The molecule has 0 spiro atoms. The van der Waals surface area contributed by atoms with Gasteiger partial charge in [-0.2, -0.15) is 0 Å². The van der Waals surface area contributed by atoms with E-state index in [2.05, 4.69) is 23.8 Å². The SMILES string of the molecule is CC(C)c1nc(N)cc(SCc2ccc(Cl)cc2)n1. The zero-order valence-corrected chi connectivity index (χ0v) is 12.5. The van der Waals surface area contributed by atoms with Gasteiger partial charge in [-0.1, -0.05) is 37.6 Å². The summed E-state index contributed by atoms with van der Waals surface area (Å²) in [5.74, 6) is 2.43. The zero-order chi connectivity index (χ0) is 13.8. The van der Waals surface area contributed by atoms with Gasteiger partial charge in [-0.05, 0) is 17.7 Å². The first-order valence-corrected chi connectivity index (χ1v) is 7.42. The van der Waals surface area contributed by atoms with Crippen LogP contribution in [0.2, 0.25) is 5.02 Å². The van der Waals surface area contributed by atoms with Gasteiger partial charge in [0.25, 0.3) is 0 Å². The van der Waals surface area contributed by atoms with E-state index in [4.69, 9.17) is 17.3 Å². The van der Waals surface area contributed by atoms with Gasteiger partial charge in [0.15, 0.2) is 0 Å². The number of nitrogen functional groups attached to an aromatic ring is 1. The molecule has 0 saturated heterocycles. The van der Waals surface area contributed by atoms with Crippen LogP contribution in [-0.4, -0.2) is 9.97 Å². The number of nitrogens with two attached hydrogens (primary N) is 1. The molecule has 0 radical (unpaired) electrons. The van der Waals surface area contributed by atoms with E-state index in [1.807, 2.05) is 30.3 Å². The highest BCUT2D eigenvalue weighted by molar-refractivity contribution is 7.98. The maximum atomic E-state index is 5.86. The molecular weight excluding hydrogens is 278 g/mol. The van der Waals surface area contributed by atoms with Crippen LogP contribution in [0, 0.1) is 0 Å². The number of anilines is 1. The van der Waals surface area contributed by atoms with Crippen LogP contribution in [0.5, 0.6) is 0 Å². The molecule has 2 N–H and O–H groups in total. The fourth-order valence-electron chi connectivity index (χ4n) is 1.53. The monoisotopic (exact) mass is 293 g/mol. The third-order valence-corrected chi connectivity index (χ3v) is 3.79. The second kappa shape index (κ2) is 6.26. The van der Waals surface area contributed by atoms with E-state index in [9.17, 15) is 0 Å². The average molecular weight is 294 g/mol. The molecule has 0 bridgehead atoms. The first-order valence-electron chi connectivity index (χ1n) is 6.06. The van der Waals surface area contributed by atoms with Crippen molar-refractivity contribution in [1.29, 1.82) is 0 Å². The number of benzene rings is 1. The predicted octanol–water partition coefficient (Wildman–Crippen LogP) is 4.13. The number of hydrogen-bond donors (Lipinski definition) is 1. The lowest BCUT2D eigenvalue weighted by atomic mass is 10.2. The molecule has 19 heavy (non-hydrogen) atoms. The molecule has 3 nitrogen and oxygen atoms in total. The highest BCUT2D eigenvalue weighted by Gasteiger charge is 2.07. The summed E-state index contributed by atoms with van der Waals surface area (Å²) in [6.07, 6.45) is 0. The Morgan fingerprint density at radius 1 is 1.21 bits per heavy atom. The highest BCUT2D eigenvalue weighted by Crippen LogP contribution is 2.24. The molecule has 0 aliphatic heterocycles. The summed E-state index contributed by atoms with van der Waals surface area (Å²) < 4.78 is 0. The molecule has 1 heterocycles. The molecule has 2 rings (SSSR count). The topological polar surface area (TPSA) is 51.8 Å². The lowest BCUT2D eigenvalue weighted by Crippen LogP contribution is -2.02. The van der Waals surface area contributed by atoms with Crippen molar-refractivity contribution < 1.29 is 0 Å². The zero-order valence-electron chi connectivity index (χ0n) is 10.9. The highest BCUT2D eigenvalue weighted by atomic mass is 35.5. The number of aromatic nitrogens is 2. The van der Waals surface area contributed by atoms with E-state index in [1.165, 1.54) is 5.56 Å². The van der Waals surface area contributed by atoms with Gasteiger partial charge in [0, 0.05) is 22.8 Å². The average Bonchev–Trinajstić information content (AvgIpc) is 2.37. The third-order valence-electron chi connectivity index (χ3n) is 2.56. The number of nitrogens with zero attached hydrogens (tertiary/aromatic N) is 2. The Hall–Kier alpha value is -1.26. The van der Waals surface area contributed by atoms with Crippen molar-refractivity contribution in [2.24, 2.45) is 0 Å². The van der Waals surface area contributed by atoms with E-state index in [1.54, 1.807) is 11.8 Å². The fourth-order valence-corrected chi connectivity index (χ4v) is 2.53. The second-order valence-electron chi connectivity index (χ2n) is 4.56. The van der Waals surface area contributed by atoms with E-state index in [0.29, 0.717) is 5.82 Å². The van der Waals surface area contributed by atoms with Crippen LogP contribution >= 0.6 is 23.4 Å². The van der Waals surface area contributed by atoms with Crippen LogP contribution < -0.4 is 5.73 Å². The summed E-state index contributed by atoms with van der Waals surface area (Å²) >= 11 is 7.51. The van der Waals surface area contributed by atoms with Crippen LogP contribution in [0.3, 0.4) is 0 Å². The normalized spacial score (nSPS) is 10.9. The number of halogens is 1. The van der Waals surface area contributed by atoms with Crippen LogP contribution in [0.25, 0.3) is 0 Å². The van der Waals surface area contributed by atoms with Crippen molar-refractivity contribution in [3.8, 4) is 0 Å². The fraction of sp³-hybridized carbons (Fsp3) is 0.286. The van der Waals surface area contributed by atoms with Crippen LogP contribution in [0.4, 0.5) is 5.82 Å². The quantitative estimate of drug-likeness (QED) is 0.680. The van der Waals surface area contributed by atoms with Crippen molar-refractivity contribution in [1.82, 2.24) is 9.97 Å². The molecule has 0 unspecified atom stereocenters. The largest absolute Gasteiger partial charge is 0.384 e. The van der Waals surface area contributed by atoms with Crippen molar-refractivity contribution in [3.05, 3.63) is 46.7 Å². The summed E-state index contributed by atoms with van der Waals surface area (Å²) in [5, 5.41) is 1.66. The Kier molecular flexibility index (Phi) is 4.66. The van der Waals surface area contributed by atoms with Gasteiger partial charge in [0.05, 0.1) is 0 Å². The molecule has 5 heteroatoms. The molecule has 1 aromatic carbocycles. The third kappa shape index (κ3) is 4.11. The van der Waals surface area contributed by atoms with Gasteiger partial charge >= 0.3 is 0 Å². The summed E-state index contributed by atoms with van der Waals surface area (Å²) in [6.45, 7) is 4.12. The standard InChI is InChI=1S/C14H16ClN3S/c1-9(2)14-17-12(16)7-13(18-14)19-8-10-3-5-11(15)6-4-10/h3-7,9H,8H2,1-2H3,(H2,16,17,18). The minimum Gasteiger partial charge on any atom is -0.384 e. The number of rotatable bonds is 4. The molecule has 0 saturated carbocycles.